The van der Waals surface area contributed by atoms with Crippen molar-refractivity contribution in [3.63, 3.8) is 0 Å². The van der Waals surface area contributed by atoms with E-state index in [9.17, 15) is 0 Å². The molecule has 0 aliphatic heterocycles. The van der Waals surface area contributed by atoms with Crippen molar-refractivity contribution in [2.24, 2.45) is 23.7 Å². The lowest BCUT2D eigenvalue weighted by molar-refractivity contribution is 0.282. The number of hydrogen-bond acceptors (Lipinski definition) is 1. The number of aliphatic hydroxyl groups is 1. The lowest BCUT2D eigenvalue weighted by Gasteiger charge is -2.02. The molecule has 2 aliphatic carbocycles. The third kappa shape index (κ3) is 7.17. The van der Waals surface area contributed by atoms with Gasteiger partial charge in [0.15, 0.2) is 0 Å². The molecule has 0 heterocycles. The first kappa shape index (κ1) is 17.3. The summed E-state index contributed by atoms with van der Waals surface area (Å²) in [6.07, 6.45) is 19.9. The summed E-state index contributed by atoms with van der Waals surface area (Å²) in [5, 5.41) is 8.74. The largest absolute Gasteiger partial charge is 0.396 e. The van der Waals surface area contributed by atoms with Crippen LogP contribution >= 0.6 is 0 Å². The molecular weight excluding hydrogens is 256 g/mol. The van der Waals surface area contributed by atoms with E-state index in [0.29, 0.717) is 6.61 Å². The summed E-state index contributed by atoms with van der Waals surface area (Å²) in [6, 6.07) is 0. The standard InChI is InChI=1S/C20H38O/c1-2-3-8-11-17-14-19(17)16-20-15-18(20)12-9-6-4-5-7-10-13-21/h17-21H,2-16H2,1H3/t17-,18+,19-,20-/m0/s1. The molecule has 2 saturated carbocycles. The molecule has 2 fully saturated rings. The molecule has 2 aliphatic rings. The zero-order valence-corrected chi connectivity index (χ0v) is 14.4. The van der Waals surface area contributed by atoms with Crippen molar-refractivity contribution >= 4 is 0 Å². The van der Waals surface area contributed by atoms with E-state index in [1.165, 1.54) is 64.2 Å². The van der Waals surface area contributed by atoms with Gasteiger partial charge in [-0.05, 0) is 49.4 Å². The molecule has 0 amide bonds. The minimum atomic E-state index is 0.379. The van der Waals surface area contributed by atoms with Gasteiger partial charge in [0, 0.05) is 6.61 Å². The Morgan fingerprint density at radius 3 is 1.76 bits per heavy atom. The highest BCUT2D eigenvalue weighted by Crippen LogP contribution is 2.54. The topological polar surface area (TPSA) is 20.2 Å². The van der Waals surface area contributed by atoms with Crippen LogP contribution in [0.4, 0.5) is 0 Å². The van der Waals surface area contributed by atoms with Crippen molar-refractivity contribution in [3.05, 3.63) is 0 Å². The van der Waals surface area contributed by atoms with Crippen LogP contribution in [-0.4, -0.2) is 11.7 Å². The summed E-state index contributed by atoms with van der Waals surface area (Å²) in [7, 11) is 0. The van der Waals surface area contributed by atoms with Gasteiger partial charge in [-0.3, -0.25) is 0 Å². The molecule has 1 nitrogen and oxygen atoms in total. The molecule has 2 rings (SSSR count). The molecule has 0 aromatic carbocycles. The maximum absolute atomic E-state index is 8.74. The molecule has 0 aromatic heterocycles. The number of hydrogen-bond donors (Lipinski definition) is 1. The molecule has 0 bridgehead atoms. The summed E-state index contributed by atoms with van der Waals surface area (Å²) >= 11 is 0. The zero-order chi connectivity index (χ0) is 14.9. The Bertz CT molecular complexity index is 263. The highest BCUT2D eigenvalue weighted by Gasteiger charge is 2.44. The molecule has 0 aromatic rings. The summed E-state index contributed by atoms with van der Waals surface area (Å²) in [5.41, 5.74) is 0. The molecule has 124 valence electrons. The summed E-state index contributed by atoms with van der Waals surface area (Å²) in [5.74, 6) is 4.50. The van der Waals surface area contributed by atoms with Crippen LogP contribution in [0.1, 0.15) is 96.8 Å². The van der Waals surface area contributed by atoms with Gasteiger partial charge in [0.2, 0.25) is 0 Å². The number of aliphatic hydroxyl groups excluding tert-OH is 1. The van der Waals surface area contributed by atoms with Crippen LogP contribution < -0.4 is 0 Å². The van der Waals surface area contributed by atoms with E-state index >= 15 is 0 Å². The van der Waals surface area contributed by atoms with Crippen molar-refractivity contribution in [2.75, 3.05) is 6.61 Å². The van der Waals surface area contributed by atoms with Gasteiger partial charge in [-0.1, -0.05) is 71.1 Å². The average Bonchev–Trinajstić information content (AvgIpc) is 3.39. The van der Waals surface area contributed by atoms with Crippen LogP contribution in [0.25, 0.3) is 0 Å². The predicted molar refractivity (Wildman–Crippen MR) is 91.4 cm³/mol. The number of rotatable bonds is 14. The van der Waals surface area contributed by atoms with E-state index in [4.69, 9.17) is 5.11 Å². The van der Waals surface area contributed by atoms with E-state index in [-0.39, 0.29) is 0 Å². The Morgan fingerprint density at radius 1 is 0.667 bits per heavy atom. The molecular formula is C20H38O. The number of unbranched alkanes of at least 4 members (excludes halogenated alkanes) is 7. The minimum Gasteiger partial charge on any atom is -0.396 e. The van der Waals surface area contributed by atoms with E-state index in [1.54, 1.807) is 19.3 Å². The van der Waals surface area contributed by atoms with E-state index in [2.05, 4.69) is 6.92 Å². The van der Waals surface area contributed by atoms with Gasteiger partial charge in [-0.15, -0.1) is 0 Å². The van der Waals surface area contributed by atoms with Gasteiger partial charge in [0.25, 0.3) is 0 Å². The monoisotopic (exact) mass is 294 g/mol. The molecule has 0 unspecified atom stereocenters. The summed E-state index contributed by atoms with van der Waals surface area (Å²) in [6.45, 7) is 2.69. The quantitative estimate of drug-likeness (QED) is 0.392. The lowest BCUT2D eigenvalue weighted by atomic mass is 10.0. The maximum Gasteiger partial charge on any atom is 0.0431 e. The predicted octanol–water partition coefficient (Wildman–Crippen LogP) is 5.95. The Labute approximate surface area is 132 Å². The van der Waals surface area contributed by atoms with Crippen LogP contribution in [-0.2, 0) is 0 Å². The summed E-state index contributed by atoms with van der Waals surface area (Å²) < 4.78 is 0. The normalized spacial score (nSPS) is 30.6. The van der Waals surface area contributed by atoms with Gasteiger partial charge in [0.1, 0.15) is 0 Å². The molecule has 0 radical (unpaired) electrons. The van der Waals surface area contributed by atoms with Crippen molar-refractivity contribution < 1.29 is 5.11 Å². The van der Waals surface area contributed by atoms with Crippen molar-refractivity contribution in [1.29, 1.82) is 0 Å². The third-order valence-corrected chi connectivity index (χ3v) is 5.91. The highest BCUT2D eigenvalue weighted by atomic mass is 16.2. The van der Waals surface area contributed by atoms with Crippen LogP contribution in [0.2, 0.25) is 0 Å². The van der Waals surface area contributed by atoms with Gasteiger partial charge < -0.3 is 5.11 Å². The second-order valence-electron chi connectivity index (χ2n) is 7.88. The molecule has 0 saturated heterocycles. The minimum absolute atomic E-state index is 0.379. The zero-order valence-electron chi connectivity index (χ0n) is 14.4. The van der Waals surface area contributed by atoms with Crippen molar-refractivity contribution in [2.45, 2.75) is 96.8 Å². The van der Waals surface area contributed by atoms with Gasteiger partial charge >= 0.3 is 0 Å². The first-order valence-corrected chi connectivity index (χ1v) is 9.96. The Balaban J connectivity index is 1.36. The highest BCUT2D eigenvalue weighted by molar-refractivity contribution is 4.94. The molecule has 1 heteroatoms. The fraction of sp³-hybridized carbons (Fsp3) is 1.00. The molecule has 21 heavy (non-hydrogen) atoms. The van der Waals surface area contributed by atoms with E-state index in [1.807, 2.05) is 0 Å². The lowest BCUT2D eigenvalue weighted by Crippen LogP contribution is -1.90. The smallest absolute Gasteiger partial charge is 0.0431 e. The maximum atomic E-state index is 8.74. The molecule has 4 atom stereocenters. The molecule has 0 spiro atoms. The third-order valence-electron chi connectivity index (χ3n) is 5.91. The van der Waals surface area contributed by atoms with Gasteiger partial charge in [-0.2, -0.15) is 0 Å². The van der Waals surface area contributed by atoms with Crippen LogP contribution in [0.5, 0.6) is 0 Å². The van der Waals surface area contributed by atoms with Crippen LogP contribution in [0.3, 0.4) is 0 Å². The Kier molecular flexibility index (Phi) is 8.14. The van der Waals surface area contributed by atoms with E-state index in [0.717, 1.165) is 30.1 Å². The first-order valence-electron chi connectivity index (χ1n) is 9.96. The Hall–Kier alpha value is -0.0400. The van der Waals surface area contributed by atoms with Crippen molar-refractivity contribution in [3.8, 4) is 0 Å². The summed E-state index contributed by atoms with van der Waals surface area (Å²) in [4.78, 5) is 0. The van der Waals surface area contributed by atoms with Gasteiger partial charge in [-0.25, -0.2) is 0 Å². The van der Waals surface area contributed by atoms with Crippen molar-refractivity contribution in [1.82, 2.24) is 0 Å². The average molecular weight is 295 g/mol. The van der Waals surface area contributed by atoms with Crippen LogP contribution in [0.15, 0.2) is 0 Å². The molecule has 1 N–H and O–H groups in total. The van der Waals surface area contributed by atoms with Gasteiger partial charge in [0.05, 0.1) is 0 Å². The fourth-order valence-electron chi connectivity index (χ4n) is 4.18. The Morgan fingerprint density at radius 2 is 1.19 bits per heavy atom. The first-order chi connectivity index (χ1) is 10.3. The van der Waals surface area contributed by atoms with E-state index < -0.39 is 0 Å². The second kappa shape index (κ2) is 9.87. The fourth-order valence-corrected chi connectivity index (χ4v) is 4.18. The SMILES string of the molecule is CCCCC[C@H]1C[C@H]1C[C@@H]1C[C@H]1CCCCCCCCO. The van der Waals surface area contributed by atoms with Crippen LogP contribution in [0, 0.1) is 23.7 Å². The second-order valence-corrected chi connectivity index (χ2v) is 7.88.